The van der Waals surface area contributed by atoms with E-state index in [9.17, 15) is 26.0 Å². The van der Waals surface area contributed by atoms with Crippen molar-refractivity contribution in [2.45, 2.75) is 32.4 Å². The van der Waals surface area contributed by atoms with Crippen LogP contribution < -0.4 is 15.4 Å². The third-order valence-corrected chi connectivity index (χ3v) is 6.15. The fourth-order valence-electron chi connectivity index (χ4n) is 3.07. The molecule has 0 amide bonds. The molecule has 0 aliphatic heterocycles. The van der Waals surface area contributed by atoms with Crippen LogP contribution in [0.25, 0.3) is 0 Å². The summed E-state index contributed by atoms with van der Waals surface area (Å²) in [7, 11) is -4.72. The zero-order chi connectivity index (χ0) is 25.6. The quantitative estimate of drug-likeness (QED) is 0.262. The van der Waals surface area contributed by atoms with Crippen molar-refractivity contribution in [3.8, 4) is 0 Å². The number of nitrogens with zero attached hydrogens (tertiary/aromatic N) is 2. The van der Waals surface area contributed by atoms with Gasteiger partial charge in [0, 0.05) is 0 Å². The normalized spacial score (nSPS) is 11.8. The van der Waals surface area contributed by atoms with E-state index in [-0.39, 0.29) is 33.9 Å². The Morgan fingerprint density at radius 3 is 2.43 bits per heavy atom. The van der Waals surface area contributed by atoms with E-state index in [1.807, 2.05) is 4.72 Å². The van der Waals surface area contributed by atoms with Crippen LogP contribution in [0.3, 0.4) is 0 Å². The SMILES string of the molecule is CCCCc1ccc(F)c(Nc2ncc(Cl)c(Nc3ccccc3NS(=O)(=O)CC(F)(F)F)n2)c1. The molecular formula is C22H22ClF4N5O2S. The lowest BCUT2D eigenvalue weighted by Crippen LogP contribution is -2.28. The maximum absolute atomic E-state index is 14.3. The van der Waals surface area contributed by atoms with Crippen LogP contribution in [0.5, 0.6) is 0 Å². The first-order valence-electron chi connectivity index (χ1n) is 10.5. The molecule has 0 aliphatic rings. The summed E-state index contributed by atoms with van der Waals surface area (Å²) in [6.45, 7) is 2.05. The van der Waals surface area contributed by atoms with Crippen molar-refractivity contribution in [2.24, 2.45) is 0 Å². The Hall–Kier alpha value is -3.12. The van der Waals surface area contributed by atoms with Crippen molar-refractivity contribution in [1.82, 2.24) is 9.97 Å². The summed E-state index contributed by atoms with van der Waals surface area (Å²) in [6.07, 6.45) is -0.949. The van der Waals surface area contributed by atoms with Gasteiger partial charge in [-0.3, -0.25) is 4.72 Å². The highest BCUT2D eigenvalue weighted by Crippen LogP contribution is 2.31. The van der Waals surface area contributed by atoms with E-state index < -0.39 is 27.8 Å². The van der Waals surface area contributed by atoms with Crippen LogP contribution in [-0.2, 0) is 16.4 Å². The number of nitrogens with one attached hydrogen (secondary N) is 3. The van der Waals surface area contributed by atoms with Gasteiger partial charge in [0.2, 0.25) is 16.0 Å². The van der Waals surface area contributed by atoms with Crippen molar-refractivity contribution < 1.29 is 26.0 Å². The lowest BCUT2D eigenvalue weighted by molar-refractivity contribution is -0.106. The number of sulfonamides is 1. The number of aryl methyl sites for hydroxylation is 1. The third-order valence-electron chi connectivity index (χ3n) is 4.64. The van der Waals surface area contributed by atoms with Crippen LogP contribution in [0.4, 0.5) is 46.4 Å². The first-order chi connectivity index (χ1) is 16.5. The second-order valence-electron chi connectivity index (χ2n) is 7.58. The van der Waals surface area contributed by atoms with E-state index in [1.54, 1.807) is 12.1 Å². The highest BCUT2D eigenvalue weighted by Gasteiger charge is 2.35. The molecule has 0 saturated heterocycles. The number of hydrogen-bond acceptors (Lipinski definition) is 6. The lowest BCUT2D eigenvalue weighted by atomic mass is 10.1. The van der Waals surface area contributed by atoms with Crippen LogP contribution in [0, 0.1) is 5.82 Å². The zero-order valence-corrected chi connectivity index (χ0v) is 20.0. The fraction of sp³-hybridized carbons (Fsp3) is 0.273. The Labute approximate surface area is 205 Å². The summed E-state index contributed by atoms with van der Waals surface area (Å²) in [5.74, 6) is -2.53. The maximum Gasteiger partial charge on any atom is 0.404 e. The number of unbranched alkanes of at least 4 members (excludes halogenated alkanes) is 1. The van der Waals surface area contributed by atoms with Gasteiger partial charge in [0.15, 0.2) is 11.6 Å². The number of para-hydroxylation sites is 2. The Kier molecular flexibility index (Phi) is 8.39. The molecule has 1 heterocycles. The largest absolute Gasteiger partial charge is 0.404 e. The van der Waals surface area contributed by atoms with Crippen LogP contribution in [0.1, 0.15) is 25.3 Å². The van der Waals surface area contributed by atoms with Gasteiger partial charge >= 0.3 is 6.18 Å². The molecular weight excluding hydrogens is 510 g/mol. The number of hydrogen-bond donors (Lipinski definition) is 3. The minimum absolute atomic E-state index is 0.00132. The minimum Gasteiger partial charge on any atom is -0.337 e. The smallest absolute Gasteiger partial charge is 0.337 e. The van der Waals surface area contributed by atoms with E-state index in [0.29, 0.717) is 0 Å². The molecule has 188 valence electrons. The zero-order valence-electron chi connectivity index (χ0n) is 18.5. The fourth-order valence-corrected chi connectivity index (χ4v) is 4.22. The molecule has 3 rings (SSSR count). The summed E-state index contributed by atoms with van der Waals surface area (Å²) in [4.78, 5) is 8.24. The first-order valence-corrected chi connectivity index (χ1v) is 12.5. The second-order valence-corrected chi connectivity index (χ2v) is 9.71. The predicted octanol–water partition coefficient (Wildman–Crippen LogP) is 6.40. The van der Waals surface area contributed by atoms with Gasteiger partial charge in [-0.2, -0.15) is 18.2 Å². The van der Waals surface area contributed by atoms with Crippen molar-refractivity contribution >= 4 is 50.5 Å². The molecule has 0 bridgehead atoms. The second kappa shape index (κ2) is 11.1. The van der Waals surface area contributed by atoms with Gasteiger partial charge in [0.25, 0.3) is 0 Å². The van der Waals surface area contributed by atoms with E-state index >= 15 is 0 Å². The van der Waals surface area contributed by atoms with Gasteiger partial charge in [-0.1, -0.05) is 43.1 Å². The standard InChI is InChI=1S/C22H22ClF4N5O2S/c1-2-3-6-14-9-10-16(24)19(11-14)30-21-28-12-15(23)20(31-21)29-17-7-4-5-8-18(17)32-35(33,34)13-22(25,26)27/h4-5,7-12,32H,2-3,6,13H2,1H3,(H2,28,29,30,31). The maximum atomic E-state index is 14.3. The van der Waals surface area contributed by atoms with Crippen molar-refractivity contribution in [1.29, 1.82) is 0 Å². The first kappa shape index (κ1) is 26.5. The van der Waals surface area contributed by atoms with Gasteiger partial charge in [0.05, 0.1) is 23.3 Å². The predicted molar refractivity (Wildman–Crippen MR) is 129 cm³/mol. The molecule has 0 radical (unpaired) electrons. The third kappa shape index (κ3) is 7.96. The summed E-state index contributed by atoms with van der Waals surface area (Å²) in [6, 6.07) is 10.4. The number of alkyl halides is 3. The van der Waals surface area contributed by atoms with E-state index in [4.69, 9.17) is 11.6 Å². The minimum atomic E-state index is -4.91. The van der Waals surface area contributed by atoms with Gasteiger partial charge in [-0.05, 0) is 42.7 Å². The Morgan fingerprint density at radius 1 is 1.03 bits per heavy atom. The molecule has 7 nitrogen and oxygen atoms in total. The average molecular weight is 532 g/mol. The highest BCUT2D eigenvalue weighted by molar-refractivity contribution is 7.92. The van der Waals surface area contributed by atoms with Crippen LogP contribution >= 0.6 is 11.6 Å². The number of halogens is 5. The lowest BCUT2D eigenvalue weighted by Gasteiger charge is -2.16. The molecule has 0 unspecified atom stereocenters. The summed E-state index contributed by atoms with van der Waals surface area (Å²) in [5.41, 5.74) is 1.04. The molecule has 0 atom stereocenters. The van der Waals surface area contributed by atoms with Crippen molar-refractivity contribution in [2.75, 3.05) is 21.1 Å². The summed E-state index contributed by atoms with van der Waals surface area (Å²) in [5, 5.41) is 5.61. The highest BCUT2D eigenvalue weighted by atomic mass is 35.5. The molecule has 0 spiro atoms. The van der Waals surface area contributed by atoms with Gasteiger partial charge in [-0.25, -0.2) is 17.8 Å². The molecule has 13 heteroatoms. The van der Waals surface area contributed by atoms with Gasteiger partial charge < -0.3 is 10.6 Å². The Morgan fingerprint density at radius 2 is 1.74 bits per heavy atom. The summed E-state index contributed by atoms with van der Waals surface area (Å²) >= 11 is 6.16. The van der Waals surface area contributed by atoms with Crippen LogP contribution in [0.15, 0.2) is 48.7 Å². The average Bonchev–Trinajstić information content (AvgIpc) is 2.76. The number of rotatable bonds is 10. The molecule has 0 fully saturated rings. The van der Waals surface area contributed by atoms with E-state index in [2.05, 4.69) is 27.5 Å². The molecule has 3 aromatic rings. The molecule has 2 aromatic carbocycles. The molecule has 3 N–H and O–H groups in total. The van der Waals surface area contributed by atoms with Gasteiger partial charge in [0.1, 0.15) is 10.8 Å². The number of benzene rings is 2. The number of anilines is 5. The molecule has 35 heavy (non-hydrogen) atoms. The summed E-state index contributed by atoms with van der Waals surface area (Å²) < 4.78 is 77.8. The molecule has 0 aliphatic carbocycles. The molecule has 0 saturated carbocycles. The van der Waals surface area contributed by atoms with Gasteiger partial charge in [-0.15, -0.1) is 0 Å². The van der Waals surface area contributed by atoms with Crippen LogP contribution in [-0.4, -0.2) is 30.3 Å². The van der Waals surface area contributed by atoms with Crippen molar-refractivity contribution in [3.63, 3.8) is 0 Å². The van der Waals surface area contributed by atoms with E-state index in [0.717, 1.165) is 24.8 Å². The van der Waals surface area contributed by atoms with Crippen LogP contribution in [0.2, 0.25) is 5.02 Å². The molecule has 1 aromatic heterocycles. The monoisotopic (exact) mass is 531 g/mol. The Bertz CT molecular complexity index is 1290. The number of aromatic nitrogens is 2. The van der Waals surface area contributed by atoms with E-state index in [1.165, 1.54) is 36.5 Å². The topological polar surface area (TPSA) is 96.0 Å². The van der Waals surface area contributed by atoms with Crippen molar-refractivity contribution in [3.05, 3.63) is 65.1 Å². The Balaban J connectivity index is 1.84.